The van der Waals surface area contributed by atoms with Gasteiger partial charge in [0.25, 0.3) is 0 Å². The van der Waals surface area contributed by atoms with Crippen molar-refractivity contribution in [2.24, 2.45) is 0 Å². The molecular formula is C12H15BrFNS. The second-order valence-corrected chi connectivity index (χ2v) is 6.01. The molecule has 0 spiro atoms. The van der Waals surface area contributed by atoms with Gasteiger partial charge in [-0.05, 0) is 66.2 Å². The van der Waals surface area contributed by atoms with E-state index in [2.05, 4.69) is 28.2 Å². The number of rotatable bonds is 2. The van der Waals surface area contributed by atoms with Crippen LogP contribution in [0.1, 0.15) is 25.3 Å². The van der Waals surface area contributed by atoms with Gasteiger partial charge in [-0.25, -0.2) is 4.39 Å². The van der Waals surface area contributed by atoms with Crippen LogP contribution in [-0.4, -0.2) is 12.8 Å². The summed E-state index contributed by atoms with van der Waals surface area (Å²) in [5, 5.41) is 3.45. The van der Waals surface area contributed by atoms with Gasteiger partial charge in [-0.15, -0.1) is 11.8 Å². The van der Waals surface area contributed by atoms with Gasteiger partial charge in [0, 0.05) is 10.0 Å². The molecule has 1 aliphatic rings. The molecule has 1 fully saturated rings. The van der Waals surface area contributed by atoms with E-state index in [-0.39, 0.29) is 11.4 Å². The van der Waals surface area contributed by atoms with E-state index < -0.39 is 0 Å². The lowest BCUT2D eigenvalue weighted by molar-refractivity contribution is 0.430. The first-order valence-electron chi connectivity index (χ1n) is 5.35. The molecule has 1 unspecified atom stereocenters. The summed E-state index contributed by atoms with van der Waals surface area (Å²) in [7, 11) is 0. The molecule has 0 aromatic heterocycles. The van der Waals surface area contributed by atoms with Crippen molar-refractivity contribution in [3.05, 3.63) is 28.0 Å². The van der Waals surface area contributed by atoms with Crippen molar-refractivity contribution in [3.8, 4) is 0 Å². The van der Waals surface area contributed by atoms with Gasteiger partial charge in [0.15, 0.2) is 0 Å². The monoisotopic (exact) mass is 303 g/mol. The quantitative estimate of drug-likeness (QED) is 0.832. The number of hydrogen-bond acceptors (Lipinski definition) is 2. The van der Waals surface area contributed by atoms with Crippen molar-refractivity contribution in [2.75, 3.05) is 12.8 Å². The molecule has 2 rings (SSSR count). The van der Waals surface area contributed by atoms with E-state index in [9.17, 15) is 4.39 Å². The van der Waals surface area contributed by atoms with E-state index in [1.54, 1.807) is 6.07 Å². The van der Waals surface area contributed by atoms with Crippen molar-refractivity contribution >= 4 is 27.7 Å². The van der Waals surface area contributed by atoms with Crippen LogP contribution >= 0.6 is 27.7 Å². The number of halogens is 2. The highest BCUT2D eigenvalue weighted by molar-refractivity contribution is 9.10. The molecular weight excluding hydrogens is 289 g/mol. The fourth-order valence-electron chi connectivity index (χ4n) is 2.21. The lowest BCUT2D eigenvalue weighted by atomic mass is 9.90. The largest absolute Gasteiger partial charge is 0.308 e. The average Bonchev–Trinajstić information content (AvgIpc) is 2.66. The van der Waals surface area contributed by atoms with E-state index in [4.69, 9.17) is 0 Å². The molecule has 0 radical (unpaired) electrons. The van der Waals surface area contributed by atoms with E-state index >= 15 is 0 Å². The molecule has 1 N–H and O–H groups in total. The summed E-state index contributed by atoms with van der Waals surface area (Å²) >= 11 is 4.87. The number of hydrogen-bond donors (Lipinski definition) is 1. The normalized spacial score (nSPS) is 25.0. The van der Waals surface area contributed by atoms with Crippen LogP contribution in [0.15, 0.2) is 21.5 Å². The highest BCUT2D eigenvalue weighted by atomic mass is 79.9. The van der Waals surface area contributed by atoms with Crippen molar-refractivity contribution in [1.29, 1.82) is 0 Å². The van der Waals surface area contributed by atoms with Crippen LogP contribution < -0.4 is 5.32 Å². The lowest BCUT2D eigenvalue weighted by Gasteiger charge is -2.25. The Balaban J connectivity index is 2.43. The first-order chi connectivity index (χ1) is 7.57. The predicted molar refractivity (Wildman–Crippen MR) is 70.5 cm³/mol. The maximum Gasteiger partial charge on any atom is 0.138 e. The number of nitrogens with one attached hydrogen (secondary N) is 1. The van der Waals surface area contributed by atoms with E-state index in [0.29, 0.717) is 4.90 Å². The van der Waals surface area contributed by atoms with Gasteiger partial charge in [-0.2, -0.15) is 0 Å². The molecule has 1 atom stereocenters. The Morgan fingerprint density at radius 2 is 2.25 bits per heavy atom. The van der Waals surface area contributed by atoms with E-state index in [0.717, 1.165) is 29.4 Å². The number of benzene rings is 1. The maximum atomic E-state index is 13.9. The van der Waals surface area contributed by atoms with Crippen LogP contribution in [-0.2, 0) is 5.54 Å². The molecule has 1 heterocycles. The van der Waals surface area contributed by atoms with Crippen LogP contribution in [0.25, 0.3) is 0 Å². The fraction of sp³-hybridized carbons (Fsp3) is 0.500. The summed E-state index contributed by atoms with van der Waals surface area (Å²) in [5.74, 6) is -0.133. The van der Waals surface area contributed by atoms with Crippen molar-refractivity contribution in [3.63, 3.8) is 0 Å². The van der Waals surface area contributed by atoms with Gasteiger partial charge in [0.1, 0.15) is 5.82 Å². The van der Waals surface area contributed by atoms with Crippen LogP contribution in [0.4, 0.5) is 4.39 Å². The van der Waals surface area contributed by atoms with E-state index in [1.165, 1.54) is 11.8 Å². The van der Waals surface area contributed by atoms with Crippen molar-refractivity contribution < 1.29 is 4.39 Å². The molecule has 16 heavy (non-hydrogen) atoms. The van der Waals surface area contributed by atoms with Gasteiger partial charge in [0.05, 0.1) is 4.90 Å². The van der Waals surface area contributed by atoms with Crippen LogP contribution in [0, 0.1) is 5.82 Å². The maximum absolute atomic E-state index is 13.9. The SMILES string of the molecule is CSc1c(F)cc(C2(C)CCCN2)cc1Br. The van der Waals surface area contributed by atoms with Crippen LogP contribution in [0.5, 0.6) is 0 Å². The zero-order valence-electron chi connectivity index (χ0n) is 9.44. The Morgan fingerprint density at radius 3 is 2.75 bits per heavy atom. The van der Waals surface area contributed by atoms with Gasteiger partial charge in [0.2, 0.25) is 0 Å². The molecule has 88 valence electrons. The molecule has 1 nitrogen and oxygen atoms in total. The predicted octanol–water partition coefficient (Wildman–Crippen LogP) is 3.91. The molecule has 1 aromatic carbocycles. The minimum atomic E-state index is -0.133. The minimum Gasteiger partial charge on any atom is -0.308 e. The summed E-state index contributed by atoms with van der Waals surface area (Å²) in [6, 6.07) is 3.70. The van der Waals surface area contributed by atoms with Crippen LogP contribution in [0.2, 0.25) is 0 Å². The molecule has 0 amide bonds. The van der Waals surface area contributed by atoms with E-state index in [1.807, 2.05) is 12.3 Å². The first-order valence-corrected chi connectivity index (χ1v) is 7.37. The Bertz CT molecular complexity index is 379. The molecule has 1 saturated heterocycles. The van der Waals surface area contributed by atoms with Gasteiger partial charge in [-0.3, -0.25) is 0 Å². The Morgan fingerprint density at radius 1 is 1.50 bits per heavy atom. The standard InChI is InChI=1S/C12H15BrFNS/c1-12(4-3-5-15-12)8-6-9(13)11(16-2)10(14)7-8/h6-7,15H,3-5H2,1-2H3. The average molecular weight is 304 g/mol. The summed E-state index contributed by atoms with van der Waals surface area (Å²) in [4.78, 5) is 0.686. The molecule has 4 heteroatoms. The highest BCUT2D eigenvalue weighted by Crippen LogP contribution is 2.36. The zero-order valence-corrected chi connectivity index (χ0v) is 11.8. The minimum absolute atomic E-state index is 0.0691. The van der Waals surface area contributed by atoms with Gasteiger partial charge < -0.3 is 5.32 Å². The fourth-order valence-corrected chi connectivity index (χ4v) is 3.64. The van der Waals surface area contributed by atoms with Crippen molar-refractivity contribution in [1.82, 2.24) is 5.32 Å². The second-order valence-electron chi connectivity index (χ2n) is 4.34. The third-order valence-corrected chi connectivity index (χ3v) is 4.92. The molecule has 1 aromatic rings. The summed E-state index contributed by atoms with van der Waals surface area (Å²) in [6.45, 7) is 3.15. The third-order valence-electron chi connectivity index (χ3n) is 3.21. The third kappa shape index (κ3) is 2.15. The van der Waals surface area contributed by atoms with Gasteiger partial charge >= 0.3 is 0 Å². The Kier molecular flexibility index (Phi) is 3.62. The molecule has 0 saturated carbocycles. The smallest absolute Gasteiger partial charge is 0.138 e. The molecule has 0 aliphatic carbocycles. The molecule has 0 bridgehead atoms. The topological polar surface area (TPSA) is 12.0 Å². The highest BCUT2D eigenvalue weighted by Gasteiger charge is 2.31. The lowest BCUT2D eigenvalue weighted by Crippen LogP contribution is -2.33. The first kappa shape index (κ1) is 12.4. The van der Waals surface area contributed by atoms with Crippen LogP contribution in [0.3, 0.4) is 0 Å². The number of thioether (sulfide) groups is 1. The van der Waals surface area contributed by atoms with Gasteiger partial charge in [-0.1, -0.05) is 0 Å². The summed E-state index contributed by atoms with van der Waals surface area (Å²) in [5.41, 5.74) is 0.965. The second kappa shape index (κ2) is 4.67. The Hall–Kier alpha value is -0.0600. The zero-order chi connectivity index (χ0) is 11.8. The Labute approximate surface area is 108 Å². The summed E-state index contributed by atoms with van der Waals surface area (Å²) in [6.07, 6.45) is 4.11. The molecule has 1 aliphatic heterocycles. The van der Waals surface area contributed by atoms with Crippen molar-refractivity contribution in [2.45, 2.75) is 30.2 Å². The summed E-state index contributed by atoms with van der Waals surface area (Å²) < 4.78 is 14.7.